The van der Waals surface area contributed by atoms with Gasteiger partial charge in [0.05, 0.1) is 24.1 Å². The Balaban J connectivity index is 1.43. The summed E-state index contributed by atoms with van der Waals surface area (Å²) in [5, 5.41) is 20.7. The van der Waals surface area contributed by atoms with Gasteiger partial charge < -0.3 is 29.3 Å². The largest absolute Gasteiger partial charge is 0.464 e. The number of hydrogen-bond acceptors (Lipinski definition) is 9. The summed E-state index contributed by atoms with van der Waals surface area (Å²) in [6.07, 6.45) is 3.07. The van der Waals surface area contributed by atoms with Gasteiger partial charge in [-0.3, -0.25) is 0 Å². The number of H-pyrrole nitrogens is 1. The molecule has 188 valence electrons. The molecule has 0 saturated carbocycles. The fraction of sp³-hybridized carbons (Fsp3) is 0.333. The van der Waals surface area contributed by atoms with E-state index in [1.165, 1.54) is 12.3 Å². The van der Waals surface area contributed by atoms with Crippen LogP contribution in [0.2, 0.25) is 0 Å². The van der Waals surface area contributed by atoms with Gasteiger partial charge >= 0.3 is 0 Å². The summed E-state index contributed by atoms with van der Waals surface area (Å²) in [5.41, 5.74) is 0.518. The van der Waals surface area contributed by atoms with Gasteiger partial charge in [-0.2, -0.15) is 0 Å². The summed E-state index contributed by atoms with van der Waals surface area (Å²) in [7, 11) is 0. The number of aliphatic hydroxyl groups excluding tert-OH is 1. The molecule has 0 radical (unpaired) electrons. The van der Waals surface area contributed by atoms with E-state index in [-0.39, 0.29) is 42.5 Å². The SMILES string of the molecule is CC(C)c1nnc(-c2c[nH]c3nccc(Oc4c(F)cc(NC5=NCC(C)(CO)CO5)cc4F)c23)o1. The molecule has 1 atom stereocenters. The quantitative estimate of drug-likeness (QED) is 0.352. The highest BCUT2D eigenvalue weighted by molar-refractivity contribution is 5.96. The highest BCUT2D eigenvalue weighted by Gasteiger charge is 2.29. The molecule has 12 heteroatoms. The van der Waals surface area contributed by atoms with Crippen molar-refractivity contribution in [3.8, 4) is 23.0 Å². The highest BCUT2D eigenvalue weighted by atomic mass is 19.1. The third-order valence-electron chi connectivity index (χ3n) is 5.71. The average Bonchev–Trinajstić information content (AvgIpc) is 3.51. The lowest BCUT2D eigenvalue weighted by Gasteiger charge is -2.30. The maximum atomic E-state index is 15.0. The Morgan fingerprint density at radius 2 is 2.03 bits per heavy atom. The van der Waals surface area contributed by atoms with Crippen molar-refractivity contribution in [2.75, 3.05) is 25.1 Å². The molecular formula is C24H24F2N6O4. The summed E-state index contributed by atoms with van der Waals surface area (Å²) in [6, 6.07) is 3.76. The fourth-order valence-electron chi connectivity index (χ4n) is 3.59. The summed E-state index contributed by atoms with van der Waals surface area (Å²) >= 11 is 0. The Morgan fingerprint density at radius 3 is 2.67 bits per heavy atom. The van der Waals surface area contributed by atoms with Crippen molar-refractivity contribution in [1.82, 2.24) is 20.2 Å². The lowest BCUT2D eigenvalue weighted by Crippen LogP contribution is -2.38. The van der Waals surface area contributed by atoms with Crippen LogP contribution in [0.5, 0.6) is 11.5 Å². The van der Waals surface area contributed by atoms with Crippen molar-refractivity contribution in [1.29, 1.82) is 0 Å². The van der Waals surface area contributed by atoms with Crippen LogP contribution in [0, 0.1) is 17.0 Å². The van der Waals surface area contributed by atoms with Crippen LogP contribution < -0.4 is 10.1 Å². The molecule has 0 saturated heterocycles. The number of anilines is 1. The number of nitrogens with one attached hydrogen (secondary N) is 2. The monoisotopic (exact) mass is 498 g/mol. The maximum absolute atomic E-state index is 15.0. The molecule has 0 bridgehead atoms. The Hall–Kier alpha value is -4.06. The topological polar surface area (TPSA) is 131 Å². The van der Waals surface area contributed by atoms with E-state index in [2.05, 4.69) is 30.5 Å². The first kappa shape index (κ1) is 23.7. The van der Waals surface area contributed by atoms with Gasteiger partial charge in [0.2, 0.25) is 11.8 Å². The number of rotatable bonds is 6. The summed E-state index contributed by atoms with van der Waals surface area (Å²) in [6.45, 7) is 6.12. The zero-order valence-electron chi connectivity index (χ0n) is 19.8. The lowest BCUT2D eigenvalue weighted by molar-refractivity contribution is 0.0706. The van der Waals surface area contributed by atoms with Gasteiger partial charge in [-0.1, -0.05) is 20.8 Å². The van der Waals surface area contributed by atoms with Crippen molar-refractivity contribution in [2.45, 2.75) is 26.7 Å². The molecule has 3 aromatic heterocycles. The number of pyridine rings is 1. The Kier molecular flexibility index (Phi) is 6.04. The number of aliphatic imine (C=N–C) groups is 1. The van der Waals surface area contributed by atoms with E-state index in [1.807, 2.05) is 20.8 Å². The Bertz CT molecular complexity index is 1430. The molecule has 0 spiro atoms. The molecule has 3 N–H and O–H groups in total. The second-order valence-corrected chi connectivity index (χ2v) is 9.21. The molecule has 4 heterocycles. The van der Waals surface area contributed by atoms with Crippen molar-refractivity contribution in [2.24, 2.45) is 10.4 Å². The number of hydrogen-bond donors (Lipinski definition) is 3. The number of nitrogens with zero attached hydrogens (tertiary/aromatic N) is 4. The fourth-order valence-corrected chi connectivity index (χ4v) is 3.59. The molecular weight excluding hydrogens is 474 g/mol. The average molecular weight is 498 g/mol. The van der Waals surface area contributed by atoms with Crippen LogP contribution in [-0.2, 0) is 4.74 Å². The van der Waals surface area contributed by atoms with Gasteiger partial charge in [0.15, 0.2) is 17.4 Å². The molecule has 10 nitrogen and oxygen atoms in total. The highest BCUT2D eigenvalue weighted by Crippen LogP contribution is 2.38. The summed E-state index contributed by atoms with van der Waals surface area (Å²) < 4.78 is 46.9. The Morgan fingerprint density at radius 1 is 1.25 bits per heavy atom. The first-order valence-electron chi connectivity index (χ1n) is 11.3. The van der Waals surface area contributed by atoms with E-state index in [1.54, 1.807) is 6.20 Å². The number of aromatic nitrogens is 4. The number of ether oxygens (including phenoxy) is 2. The molecule has 36 heavy (non-hydrogen) atoms. The minimum atomic E-state index is -0.934. The van der Waals surface area contributed by atoms with Gasteiger partial charge in [0, 0.05) is 41.5 Å². The van der Waals surface area contributed by atoms with E-state index in [9.17, 15) is 13.9 Å². The third kappa shape index (κ3) is 4.47. The van der Waals surface area contributed by atoms with E-state index < -0.39 is 22.8 Å². The maximum Gasteiger partial charge on any atom is 0.289 e. The van der Waals surface area contributed by atoms with Gasteiger partial charge in [-0.15, -0.1) is 10.2 Å². The first-order valence-corrected chi connectivity index (χ1v) is 11.3. The Labute approximate surface area is 204 Å². The first-order chi connectivity index (χ1) is 17.3. The predicted octanol–water partition coefficient (Wildman–Crippen LogP) is 4.60. The number of aromatic amines is 1. The molecule has 1 aliphatic rings. The second-order valence-electron chi connectivity index (χ2n) is 9.21. The second kappa shape index (κ2) is 9.19. The van der Waals surface area contributed by atoms with Crippen LogP contribution in [-0.4, -0.2) is 51.1 Å². The van der Waals surface area contributed by atoms with Gasteiger partial charge in [-0.05, 0) is 6.07 Å². The van der Waals surface area contributed by atoms with Crippen molar-refractivity contribution < 1.29 is 27.8 Å². The molecule has 0 amide bonds. The van der Waals surface area contributed by atoms with Gasteiger partial charge in [-0.25, -0.2) is 18.8 Å². The smallest absolute Gasteiger partial charge is 0.289 e. The van der Waals surface area contributed by atoms with Gasteiger partial charge in [0.1, 0.15) is 18.0 Å². The molecule has 1 unspecified atom stereocenters. The zero-order valence-corrected chi connectivity index (χ0v) is 19.8. The summed E-state index contributed by atoms with van der Waals surface area (Å²) in [5.74, 6) is -1.58. The minimum absolute atomic E-state index is 0.0322. The molecule has 1 aliphatic heterocycles. The van der Waals surface area contributed by atoms with E-state index in [0.717, 1.165) is 12.1 Å². The van der Waals surface area contributed by atoms with Crippen LogP contribution >= 0.6 is 0 Å². The molecule has 0 fully saturated rings. The molecule has 4 aromatic rings. The summed E-state index contributed by atoms with van der Waals surface area (Å²) in [4.78, 5) is 11.4. The number of aliphatic hydroxyl groups is 1. The number of benzene rings is 1. The number of amidine groups is 1. The number of halogens is 2. The third-order valence-corrected chi connectivity index (χ3v) is 5.71. The predicted molar refractivity (Wildman–Crippen MR) is 127 cm³/mol. The van der Waals surface area contributed by atoms with Crippen LogP contribution in [0.4, 0.5) is 14.5 Å². The van der Waals surface area contributed by atoms with Crippen LogP contribution in [0.1, 0.15) is 32.6 Å². The van der Waals surface area contributed by atoms with Crippen molar-refractivity contribution >= 4 is 22.7 Å². The zero-order chi connectivity index (χ0) is 25.4. The lowest BCUT2D eigenvalue weighted by atomic mass is 9.93. The van der Waals surface area contributed by atoms with E-state index >= 15 is 0 Å². The van der Waals surface area contributed by atoms with E-state index in [4.69, 9.17) is 13.9 Å². The van der Waals surface area contributed by atoms with Crippen LogP contribution in [0.25, 0.3) is 22.5 Å². The van der Waals surface area contributed by atoms with Crippen LogP contribution in [0.3, 0.4) is 0 Å². The molecule has 5 rings (SSSR count). The van der Waals surface area contributed by atoms with Crippen molar-refractivity contribution in [3.05, 3.63) is 48.1 Å². The van der Waals surface area contributed by atoms with Crippen molar-refractivity contribution in [3.63, 3.8) is 0 Å². The van der Waals surface area contributed by atoms with Gasteiger partial charge in [0.25, 0.3) is 6.02 Å². The van der Waals surface area contributed by atoms with E-state index in [0.29, 0.717) is 29.0 Å². The standard InChI is InChI=1S/C24H24F2N6O4/c1-12(2)21-31-32-22(36-21)14-8-28-20-18(14)17(4-5-27-20)35-19-15(25)6-13(7-16(19)26)30-23-29-9-24(3,10-33)11-34-23/h4-8,12,33H,9-11H2,1-3H3,(H,27,28)(H,29,30). The molecule has 1 aromatic carbocycles. The molecule has 0 aliphatic carbocycles. The van der Waals surface area contributed by atoms with Crippen LogP contribution in [0.15, 0.2) is 40.0 Å². The minimum Gasteiger partial charge on any atom is -0.464 e. The normalized spacial score (nSPS) is 17.8. The number of fused-ring (bicyclic) bond motifs is 1.